The predicted octanol–water partition coefficient (Wildman–Crippen LogP) is 3.96. The Bertz CT molecular complexity index is 840. The van der Waals surface area contributed by atoms with Crippen LogP contribution in [0.15, 0.2) is 60.9 Å². The lowest BCUT2D eigenvalue weighted by Gasteiger charge is -2.11. The summed E-state index contributed by atoms with van der Waals surface area (Å²) in [6.07, 6.45) is 3.05. The van der Waals surface area contributed by atoms with Crippen LogP contribution in [0.5, 0.6) is 0 Å². The largest absolute Gasteiger partial charge is 0.365 e. The molecule has 5 heteroatoms. The van der Waals surface area contributed by atoms with Crippen molar-refractivity contribution in [1.29, 1.82) is 0 Å². The first-order chi connectivity index (χ1) is 12.1. The van der Waals surface area contributed by atoms with Crippen molar-refractivity contribution >= 4 is 17.4 Å². The number of carbonyl (C=O) groups excluding carboxylic acids is 1. The van der Waals surface area contributed by atoms with Crippen LogP contribution >= 0.6 is 0 Å². The Morgan fingerprint density at radius 2 is 1.64 bits per heavy atom. The average Bonchev–Trinajstić information content (AvgIpc) is 2.64. The SMILES string of the molecule is Cc1cccc(C)c1NC(=O)c1cnc(NCc2ccccc2)cn1. The number of rotatable bonds is 5. The van der Waals surface area contributed by atoms with E-state index in [-0.39, 0.29) is 11.6 Å². The number of benzene rings is 2. The second-order valence-corrected chi connectivity index (χ2v) is 5.85. The highest BCUT2D eigenvalue weighted by molar-refractivity contribution is 6.03. The molecule has 0 aliphatic rings. The van der Waals surface area contributed by atoms with E-state index >= 15 is 0 Å². The number of aromatic nitrogens is 2. The molecule has 0 radical (unpaired) electrons. The summed E-state index contributed by atoms with van der Waals surface area (Å²) in [6.45, 7) is 4.58. The van der Waals surface area contributed by atoms with Crippen LogP contribution in [0.2, 0.25) is 0 Å². The Morgan fingerprint density at radius 1 is 0.920 bits per heavy atom. The van der Waals surface area contributed by atoms with Crippen LogP contribution in [-0.2, 0) is 6.54 Å². The summed E-state index contributed by atoms with van der Waals surface area (Å²) in [5.41, 5.74) is 4.29. The summed E-state index contributed by atoms with van der Waals surface area (Å²) in [7, 11) is 0. The van der Waals surface area contributed by atoms with Crippen molar-refractivity contribution < 1.29 is 4.79 Å². The summed E-state index contributed by atoms with van der Waals surface area (Å²) >= 11 is 0. The molecule has 0 atom stereocenters. The van der Waals surface area contributed by atoms with Gasteiger partial charge in [-0.2, -0.15) is 0 Å². The number of nitrogens with one attached hydrogen (secondary N) is 2. The molecule has 0 spiro atoms. The minimum atomic E-state index is -0.264. The molecule has 3 aromatic rings. The monoisotopic (exact) mass is 332 g/mol. The molecule has 0 saturated heterocycles. The van der Waals surface area contributed by atoms with Crippen LogP contribution < -0.4 is 10.6 Å². The Morgan fingerprint density at radius 3 is 2.28 bits per heavy atom. The normalized spacial score (nSPS) is 10.3. The van der Waals surface area contributed by atoms with Gasteiger partial charge in [-0.1, -0.05) is 48.5 Å². The Hall–Kier alpha value is -3.21. The second-order valence-electron chi connectivity index (χ2n) is 5.85. The quantitative estimate of drug-likeness (QED) is 0.742. The molecule has 5 nitrogen and oxygen atoms in total. The zero-order chi connectivity index (χ0) is 17.6. The van der Waals surface area contributed by atoms with Gasteiger partial charge in [0, 0.05) is 12.2 Å². The van der Waals surface area contributed by atoms with E-state index in [4.69, 9.17) is 0 Å². The number of aryl methyl sites for hydroxylation is 2. The summed E-state index contributed by atoms with van der Waals surface area (Å²) in [6, 6.07) is 15.9. The van der Waals surface area contributed by atoms with Gasteiger partial charge >= 0.3 is 0 Å². The van der Waals surface area contributed by atoms with Crippen molar-refractivity contribution in [3.05, 3.63) is 83.3 Å². The molecule has 0 fully saturated rings. The highest BCUT2D eigenvalue weighted by atomic mass is 16.1. The Labute approximate surface area is 147 Å². The maximum absolute atomic E-state index is 12.4. The van der Waals surface area contributed by atoms with Gasteiger partial charge in [0.1, 0.15) is 11.5 Å². The first kappa shape index (κ1) is 16.6. The minimum absolute atomic E-state index is 0.264. The van der Waals surface area contributed by atoms with E-state index in [9.17, 15) is 4.79 Å². The van der Waals surface area contributed by atoms with Crippen LogP contribution in [0.3, 0.4) is 0 Å². The molecular formula is C20H20N4O. The fourth-order valence-corrected chi connectivity index (χ4v) is 2.51. The third-order valence-corrected chi connectivity index (χ3v) is 3.92. The first-order valence-electron chi connectivity index (χ1n) is 8.11. The van der Waals surface area contributed by atoms with Crippen molar-refractivity contribution in [2.45, 2.75) is 20.4 Å². The molecule has 0 aliphatic heterocycles. The number of nitrogens with zero attached hydrogens (tertiary/aromatic N) is 2. The summed E-state index contributed by atoms with van der Waals surface area (Å²) in [5, 5.41) is 6.10. The smallest absolute Gasteiger partial charge is 0.275 e. The summed E-state index contributed by atoms with van der Waals surface area (Å²) in [5.74, 6) is 0.368. The van der Waals surface area contributed by atoms with E-state index in [1.807, 2.05) is 62.4 Å². The van der Waals surface area contributed by atoms with Gasteiger partial charge in [-0.3, -0.25) is 4.79 Å². The summed E-state index contributed by atoms with van der Waals surface area (Å²) in [4.78, 5) is 20.9. The number of amides is 1. The number of hydrogen-bond donors (Lipinski definition) is 2. The predicted molar refractivity (Wildman–Crippen MR) is 99.7 cm³/mol. The van der Waals surface area contributed by atoms with Gasteiger partial charge in [0.2, 0.25) is 0 Å². The highest BCUT2D eigenvalue weighted by Gasteiger charge is 2.11. The van der Waals surface area contributed by atoms with Crippen molar-refractivity contribution in [3.63, 3.8) is 0 Å². The van der Waals surface area contributed by atoms with Crippen molar-refractivity contribution in [2.24, 2.45) is 0 Å². The zero-order valence-electron chi connectivity index (χ0n) is 14.3. The van der Waals surface area contributed by atoms with Crippen LogP contribution in [-0.4, -0.2) is 15.9 Å². The van der Waals surface area contributed by atoms with E-state index in [2.05, 4.69) is 20.6 Å². The number of carbonyl (C=O) groups is 1. The molecule has 0 saturated carbocycles. The van der Waals surface area contributed by atoms with E-state index in [0.717, 1.165) is 22.4 Å². The zero-order valence-corrected chi connectivity index (χ0v) is 14.3. The fraction of sp³-hybridized carbons (Fsp3) is 0.150. The molecule has 25 heavy (non-hydrogen) atoms. The lowest BCUT2D eigenvalue weighted by Crippen LogP contribution is -2.16. The maximum Gasteiger partial charge on any atom is 0.275 e. The van der Waals surface area contributed by atoms with Crippen molar-refractivity contribution in [2.75, 3.05) is 10.6 Å². The molecule has 1 amide bonds. The topological polar surface area (TPSA) is 66.9 Å². The van der Waals surface area contributed by atoms with E-state index in [1.54, 1.807) is 6.20 Å². The molecule has 0 aliphatic carbocycles. The van der Waals surface area contributed by atoms with Crippen LogP contribution in [0.1, 0.15) is 27.2 Å². The standard InChI is InChI=1S/C20H20N4O/c1-14-7-6-8-15(2)19(14)24-20(25)17-12-23-18(13-21-17)22-11-16-9-4-3-5-10-16/h3-10,12-13H,11H2,1-2H3,(H,22,23)(H,24,25). The van der Waals surface area contributed by atoms with Crippen LogP contribution in [0, 0.1) is 13.8 Å². The molecule has 126 valence electrons. The number of hydrogen-bond acceptors (Lipinski definition) is 4. The van der Waals surface area contributed by atoms with Gasteiger partial charge < -0.3 is 10.6 Å². The van der Waals surface area contributed by atoms with Crippen LogP contribution in [0.25, 0.3) is 0 Å². The van der Waals surface area contributed by atoms with Gasteiger partial charge in [-0.15, -0.1) is 0 Å². The van der Waals surface area contributed by atoms with E-state index in [0.29, 0.717) is 12.4 Å². The molecule has 0 unspecified atom stereocenters. The van der Waals surface area contributed by atoms with E-state index < -0.39 is 0 Å². The number of para-hydroxylation sites is 1. The lowest BCUT2D eigenvalue weighted by atomic mass is 10.1. The molecular weight excluding hydrogens is 312 g/mol. The summed E-state index contributed by atoms with van der Waals surface area (Å²) < 4.78 is 0. The third kappa shape index (κ3) is 4.20. The number of anilines is 2. The molecule has 1 heterocycles. The molecule has 2 aromatic carbocycles. The molecule has 1 aromatic heterocycles. The molecule has 2 N–H and O–H groups in total. The van der Waals surface area contributed by atoms with Crippen LogP contribution in [0.4, 0.5) is 11.5 Å². The van der Waals surface area contributed by atoms with Gasteiger partial charge in [0.15, 0.2) is 0 Å². The minimum Gasteiger partial charge on any atom is -0.365 e. The second kappa shape index (κ2) is 7.57. The highest BCUT2D eigenvalue weighted by Crippen LogP contribution is 2.20. The fourth-order valence-electron chi connectivity index (χ4n) is 2.51. The van der Waals surface area contributed by atoms with Crippen molar-refractivity contribution in [3.8, 4) is 0 Å². The first-order valence-corrected chi connectivity index (χ1v) is 8.11. The van der Waals surface area contributed by atoms with Crippen molar-refractivity contribution in [1.82, 2.24) is 9.97 Å². The Kier molecular flexibility index (Phi) is 5.04. The van der Waals surface area contributed by atoms with Gasteiger partial charge in [-0.25, -0.2) is 9.97 Å². The molecule has 3 rings (SSSR count). The van der Waals surface area contributed by atoms with Gasteiger partial charge in [0.05, 0.1) is 12.4 Å². The average molecular weight is 332 g/mol. The Balaban J connectivity index is 1.64. The maximum atomic E-state index is 12.4. The van der Waals surface area contributed by atoms with E-state index in [1.165, 1.54) is 6.20 Å². The third-order valence-electron chi connectivity index (χ3n) is 3.92. The van der Waals surface area contributed by atoms with Gasteiger partial charge in [0.25, 0.3) is 5.91 Å². The molecule has 0 bridgehead atoms. The van der Waals surface area contributed by atoms with Gasteiger partial charge in [-0.05, 0) is 30.5 Å². The lowest BCUT2D eigenvalue weighted by molar-refractivity contribution is 0.102.